The molecule has 2 N–H and O–H groups in total. The van der Waals surface area contributed by atoms with Gasteiger partial charge in [-0.15, -0.1) is 0 Å². The minimum Gasteiger partial charge on any atom is -0.392 e. The maximum Gasteiger partial charge on any atom is 0.239 e. The van der Waals surface area contributed by atoms with Crippen LogP contribution in [0, 0.1) is 0 Å². The van der Waals surface area contributed by atoms with E-state index >= 15 is 0 Å². The first-order chi connectivity index (χ1) is 11.5. The lowest BCUT2D eigenvalue weighted by Crippen LogP contribution is -2.55. The number of carbonyl (C=O) groups is 1. The second kappa shape index (κ2) is 9.15. The fourth-order valence-corrected chi connectivity index (χ4v) is 3.28. The second-order valence-electron chi connectivity index (χ2n) is 6.63. The lowest BCUT2D eigenvalue weighted by atomic mass is 10.1. The third kappa shape index (κ3) is 5.29. The molecule has 1 amide bonds. The minimum atomic E-state index is -0.312. The van der Waals surface area contributed by atoms with Crippen molar-refractivity contribution < 1.29 is 9.90 Å². The zero-order valence-corrected chi connectivity index (χ0v) is 15.1. The van der Waals surface area contributed by atoms with E-state index in [2.05, 4.69) is 34.1 Å². The van der Waals surface area contributed by atoms with E-state index in [1.165, 1.54) is 0 Å². The van der Waals surface area contributed by atoms with E-state index in [0.717, 1.165) is 44.8 Å². The lowest BCUT2D eigenvalue weighted by molar-refractivity contribution is -0.118. The first-order valence-electron chi connectivity index (χ1n) is 8.99. The molecule has 0 aliphatic carbocycles. The lowest BCUT2D eigenvalue weighted by Gasteiger charge is -2.41. The summed E-state index contributed by atoms with van der Waals surface area (Å²) in [5, 5.41) is 16.8. The third-order valence-electron chi connectivity index (χ3n) is 4.45. The van der Waals surface area contributed by atoms with E-state index in [4.69, 9.17) is 0 Å². The van der Waals surface area contributed by atoms with Crippen molar-refractivity contribution >= 4 is 11.7 Å². The maximum absolute atomic E-state index is 12.3. The van der Waals surface area contributed by atoms with Gasteiger partial charge in [0.25, 0.3) is 0 Å². The van der Waals surface area contributed by atoms with Gasteiger partial charge in [0.2, 0.25) is 5.91 Å². The van der Waals surface area contributed by atoms with Gasteiger partial charge in [-0.1, -0.05) is 13.8 Å². The Morgan fingerprint density at radius 1 is 1.46 bits per heavy atom. The zero-order chi connectivity index (χ0) is 17.5. The van der Waals surface area contributed by atoms with Crippen molar-refractivity contribution in [3.8, 4) is 0 Å². The number of anilines is 1. The van der Waals surface area contributed by atoms with Gasteiger partial charge in [-0.2, -0.15) is 5.10 Å². The molecule has 0 radical (unpaired) electrons. The summed E-state index contributed by atoms with van der Waals surface area (Å²) in [6.07, 6.45) is 3.41. The molecule has 1 aromatic heterocycles. The van der Waals surface area contributed by atoms with Crippen LogP contribution in [0.4, 0.5) is 5.82 Å². The summed E-state index contributed by atoms with van der Waals surface area (Å²) in [6, 6.07) is 2.23. The molecule has 2 heterocycles. The first kappa shape index (κ1) is 18.9. The van der Waals surface area contributed by atoms with Gasteiger partial charge in [0, 0.05) is 44.8 Å². The SMILES string of the molecule is CCCn1nccc1NC(=O)CN1CCN(C[C@@H](C)O)[C@@H](CC)C1. The average Bonchev–Trinajstić information content (AvgIpc) is 2.95. The van der Waals surface area contributed by atoms with Crippen LogP contribution in [0.2, 0.25) is 0 Å². The number of nitrogens with zero attached hydrogens (tertiary/aromatic N) is 4. The molecular weight excluding hydrogens is 306 g/mol. The molecule has 0 aromatic carbocycles. The van der Waals surface area contributed by atoms with Gasteiger partial charge in [-0.05, 0) is 19.8 Å². The smallest absolute Gasteiger partial charge is 0.239 e. The number of hydrogen-bond acceptors (Lipinski definition) is 5. The van der Waals surface area contributed by atoms with E-state index in [1.807, 2.05) is 17.7 Å². The van der Waals surface area contributed by atoms with Gasteiger partial charge >= 0.3 is 0 Å². The molecule has 0 spiro atoms. The maximum atomic E-state index is 12.3. The van der Waals surface area contributed by atoms with Crippen molar-refractivity contribution in [1.29, 1.82) is 0 Å². The summed E-state index contributed by atoms with van der Waals surface area (Å²) in [5.41, 5.74) is 0. The fraction of sp³-hybridized carbons (Fsp3) is 0.765. The third-order valence-corrected chi connectivity index (χ3v) is 4.45. The highest BCUT2D eigenvalue weighted by Gasteiger charge is 2.27. The van der Waals surface area contributed by atoms with Crippen molar-refractivity contribution in [2.24, 2.45) is 0 Å². The summed E-state index contributed by atoms with van der Waals surface area (Å²) < 4.78 is 1.83. The molecule has 0 saturated carbocycles. The van der Waals surface area contributed by atoms with Crippen molar-refractivity contribution in [3.05, 3.63) is 12.3 Å². The van der Waals surface area contributed by atoms with Crippen LogP contribution in [0.1, 0.15) is 33.6 Å². The Kier molecular flexibility index (Phi) is 7.20. The normalized spacial score (nSPS) is 20.9. The first-order valence-corrected chi connectivity index (χ1v) is 8.99. The minimum absolute atomic E-state index is 0.00619. The van der Waals surface area contributed by atoms with Gasteiger partial charge in [-0.3, -0.25) is 14.6 Å². The van der Waals surface area contributed by atoms with Crippen LogP contribution < -0.4 is 5.32 Å². The van der Waals surface area contributed by atoms with Crippen LogP contribution in [-0.2, 0) is 11.3 Å². The van der Waals surface area contributed by atoms with Crippen LogP contribution in [0.25, 0.3) is 0 Å². The number of piperazine rings is 1. The van der Waals surface area contributed by atoms with E-state index in [9.17, 15) is 9.90 Å². The van der Waals surface area contributed by atoms with Gasteiger partial charge in [0.05, 0.1) is 18.8 Å². The quantitative estimate of drug-likeness (QED) is 0.741. The number of amides is 1. The van der Waals surface area contributed by atoms with Crippen LogP contribution in [0.3, 0.4) is 0 Å². The molecule has 0 unspecified atom stereocenters. The molecule has 1 aliphatic heterocycles. The summed E-state index contributed by atoms with van der Waals surface area (Å²) in [6.45, 7) is 10.6. The Morgan fingerprint density at radius 2 is 2.25 bits per heavy atom. The summed E-state index contributed by atoms with van der Waals surface area (Å²) in [5.74, 6) is 0.772. The number of hydrogen-bond donors (Lipinski definition) is 2. The molecule has 7 nitrogen and oxygen atoms in total. The summed E-state index contributed by atoms with van der Waals surface area (Å²) >= 11 is 0. The average molecular weight is 337 g/mol. The zero-order valence-electron chi connectivity index (χ0n) is 15.1. The van der Waals surface area contributed by atoms with E-state index < -0.39 is 0 Å². The van der Waals surface area contributed by atoms with Gasteiger partial charge in [-0.25, -0.2) is 4.68 Å². The molecule has 1 fully saturated rings. The highest BCUT2D eigenvalue weighted by molar-refractivity contribution is 5.91. The van der Waals surface area contributed by atoms with Crippen LogP contribution >= 0.6 is 0 Å². The number of β-amino-alcohol motifs (C(OH)–C–C–N with tert-alkyl or cyclic N) is 1. The molecular formula is C17H31N5O2. The topological polar surface area (TPSA) is 73.6 Å². The number of aryl methyl sites for hydroxylation is 1. The van der Waals surface area contributed by atoms with Crippen molar-refractivity contribution in [1.82, 2.24) is 19.6 Å². The largest absolute Gasteiger partial charge is 0.392 e. The number of rotatable bonds is 8. The molecule has 1 saturated heterocycles. The molecule has 1 aliphatic rings. The molecule has 7 heteroatoms. The molecule has 136 valence electrons. The highest BCUT2D eigenvalue weighted by Crippen LogP contribution is 2.14. The fourth-order valence-electron chi connectivity index (χ4n) is 3.28. The van der Waals surface area contributed by atoms with E-state index in [-0.39, 0.29) is 12.0 Å². The molecule has 2 rings (SSSR count). The monoisotopic (exact) mass is 337 g/mol. The predicted octanol–water partition coefficient (Wildman–Crippen LogP) is 1.01. The number of aliphatic hydroxyl groups is 1. The molecule has 2 atom stereocenters. The molecule has 1 aromatic rings. The summed E-state index contributed by atoms with van der Waals surface area (Å²) in [4.78, 5) is 16.9. The molecule has 0 bridgehead atoms. The number of carbonyl (C=O) groups excluding carboxylic acids is 1. The number of aliphatic hydroxyl groups excluding tert-OH is 1. The van der Waals surface area contributed by atoms with E-state index in [0.29, 0.717) is 19.1 Å². The van der Waals surface area contributed by atoms with Gasteiger partial charge in [0.1, 0.15) is 5.82 Å². The Morgan fingerprint density at radius 3 is 2.92 bits per heavy atom. The van der Waals surface area contributed by atoms with Crippen molar-refractivity contribution in [2.75, 3.05) is 38.0 Å². The standard InChI is InChI=1S/C17H31N5O2/c1-4-8-22-16(6-7-18-22)19-17(24)13-20-9-10-21(11-14(3)23)15(5-2)12-20/h6-7,14-15,23H,4-5,8-13H2,1-3H3,(H,19,24)/t14-,15+/m1/s1. The number of aromatic nitrogens is 2. The summed E-state index contributed by atoms with van der Waals surface area (Å²) in [7, 11) is 0. The predicted molar refractivity (Wildman–Crippen MR) is 94.9 cm³/mol. The van der Waals surface area contributed by atoms with Crippen LogP contribution in [0.5, 0.6) is 0 Å². The van der Waals surface area contributed by atoms with Crippen LogP contribution in [0.15, 0.2) is 12.3 Å². The Bertz CT molecular complexity index is 517. The Hall–Kier alpha value is -1.44. The Labute approximate surface area is 144 Å². The van der Waals surface area contributed by atoms with E-state index in [1.54, 1.807) is 6.20 Å². The van der Waals surface area contributed by atoms with Crippen molar-refractivity contribution in [3.63, 3.8) is 0 Å². The van der Waals surface area contributed by atoms with Crippen molar-refractivity contribution in [2.45, 2.75) is 52.3 Å². The van der Waals surface area contributed by atoms with Crippen LogP contribution in [-0.4, -0.2) is 75.5 Å². The van der Waals surface area contributed by atoms with Gasteiger partial charge < -0.3 is 10.4 Å². The Balaban J connectivity index is 1.85. The van der Waals surface area contributed by atoms with Gasteiger partial charge in [0.15, 0.2) is 0 Å². The highest BCUT2D eigenvalue weighted by atomic mass is 16.3. The number of nitrogens with one attached hydrogen (secondary N) is 1. The second-order valence-corrected chi connectivity index (χ2v) is 6.63. The molecule has 24 heavy (non-hydrogen) atoms.